The van der Waals surface area contributed by atoms with E-state index in [1.165, 1.54) is 6.20 Å². The van der Waals surface area contributed by atoms with Crippen molar-refractivity contribution in [1.82, 2.24) is 24.7 Å². The van der Waals surface area contributed by atoms with E-state index in [9.17, 15) is 14.4 Å². The molecule has 0 radical (unpaired) electrons. The highest BCUT2D eigenvalue weighted by molar-refractivity contribution is 6.41. The van der Waals surface area contributed by atoms with Crippen LogP contribution in [0.5, 0.6) is 0 Å². The Morgan fingerprint density at radius 2 is 2.12 bits per heavy atom. The van der Waals surface area contributed by atoms with E-state index in [0.29, 0.717) is 47.6 Å². The number of Topliss-reactive ketones (excluding diaryl/α,β-unsaturated/α-hetero) is 1. The molecule has 0 saturated heterocycles. The second kappa shape index (κ2) is 6.26. The number of esters is 1. The van der Waals surface area contributed by atoms with Crippen LogP contribution in [0.1, 0.15) is 57.4 Å². The fraction of sp³-hybridized carbons (Fsp3) is 0.364. The van der Waals surface area contributed by atoms with E-state index < -0.39 is 23.3 Å². The molecule has 3 aromatic rings. The summed E-state index contributed by atoms with van der Waals surface area (Å²) < 4.78 is 7.11. The summed E-state index contributed by atoms with van der Waals surface area (Å²) in [5.74, 6) is 0.287. The number of ether oxygens (including phenoxy) is 1. The molecule has 0 N–H and O–H groups in total. The monoisotopic (exact) mass is 431 g/mol. The molecular formula is C22H17N5O5. The van der Waals surface area contributed by atoms with Gasteiger partial charge in [0.1, 0.15) is 11.2 Å². The smallest absolute Gasteiger partial charge is 0.382 e. The third-order valence-corrected chi connectivity index (χ3v) is 6.43. The van der Waals surface area contributed by atoms with Crippen molar-refractivity contribution in [1.29, 1.82) is 0 Å². The summed E-state index contributed by atoms with van der Waals surface area (Å²) in [5.41, 5.74) is 1.24. The van der Waals surface area contributed by atoms with E-state index in [1.54, 1.807) is 19.1 Å². The topological polar surface area (TPSA) is 118 Å². The zero-order valence-electron chi connectivity index (χ0n) is 17.1. The van der Waals surface area contributed by atoms with E-state index in [4.69, 9.17) is 16.0 Å². The zero-order chi connectivity index (χ0) is 22.2. The zero-order valence-corrected chi connectivity index (χ0v) is 17.1. The molecule has 160 valence electrons. The third-order valence-electron chi connectivity index (χ3n) is 6.43. The average Bonchev–Trinajstić information content (AvgIpc) is 3.63. The quantitative estimate of drug-likeness (QED) is 0.195. The van der Waals surface area contributed by atoms with Gasteiger partial charge in [-0.15, -0.1) is 11.5 Å². The second-order valence-corrected chi connectivity index (χ2v) is 8.48. The molecule has 10 heteroatoms. The summed E-state index contributed by atoms with van der Waals surface area (Å²) in [6.45, 7) is 1.63. The molecule has 2 atom stereocenters. The second-order valence-electron chi connectivity index (χ2n) is 8.48. The number of rotatable bonds is 5. The van der Waals surface area contributed by atoms with Crippen molar-refractivity contribution >= 4 is 28.9 Å². The van der Waals surface area contributed by atoms with E-state index in [1.807, 2.05) is 4.57 Å². The van der Waals surface area contributed by atoms with Gasteiger partial charge in [-0.3, -0.25) is 4.79 Å². The lowest BCUT2D eigenvalue weighted by atomic mass is 10.0. The molecule has 0 unspecified atom stereocenters. The van der Waals surface area contributed by atoms with Crippen molar-refractivity contribution in [3.63, 3.8) is 0 Å². The minimum Gasteiger partial charge on any atom is -0.440 e. The highest BCUT2D eigenvalue weighted by atomic mass is 16.7. The highest BCUT2D eigenvalue weighted by Gasteiger charge is 2.52. The summed E-state index contributed by atoms with van der Waals surface area (Å²) in [5, 5.41) is 7.76. The van der Waals surface area contributed by atoms with Gasteiger partial charge in [0, 0.05) is 30.8 Å². The van der Waals surface area contributed by atoms with Crippen molar-refractivity contribution in [3.8, 4) is 12.3 Å². The first-order valence-corrected chi connectivity index (χ1v) is 10.3. The van der Waals surface area contributed by atoms with Crippen LogP contribution in [-0.2, 0) is 16.0 Å². The average molecular weight is 431 g/mol. The molecule has 1 aliphatic heterocycles. The van der Waals surface area contributed by atoms with E-state index in [0.717, 1.165) is 11.3 Å². The number of fused-ring (bicyclic) bond motifs is 4. The number of hydrogen-bond donors (Lipinski definition) is 0. The van der Waals surface area contributed by atoms with Crippen molar-refractivity contribution in [2.24, 2.45) is 5.92 Å². The van der Waals surface area contributed by atoms with Crippen LogP contribution in [0.15, 0.2) is 18.3 Å². The third kappa shape index (κ3) is 2.60. The van der Waals surface area contributed by atoms with Gasteiger partial charge in [-0.2, -0.15) is 0 Å². The lowest BCUT2D eigenvalue weighted by Crippen LogP contribution is -2.26. The normalized spacial score (nSPS) is 21.4. The number of carbonyl (C=O) groups excluding carboxylic acids is 3. The molecule has 0 amide bonds. The number of ketones is 1. The number of terminal acetylenes is 1. The fourth-order valence-corrected chi connectivity index (χ4v) is 4.55. The molecule has 0 aromatic carbocycles. The number of nitrogens with zero attached hydrogens (tertiary/aromatic N) is 5. The first kappa shape index (κ1) is 18.7. The maximum atomic E-state index is 13.2. The Kier molecular flexibility index (Phi) is 3.67. The van der Waals surface area contributed by atoms with Crippen molar-refractivity contribution in [3.05, 3.63) is 40.8 Å². The number of pyridine rings is 1. The van der Waals surface area contributed by atoms with Gasteiger partial charge in [-0.05, 0) is 53.4 Å². The Balaban J connectivity index is 1.36. The molecule has 2 saturated carbocycles. The van der Waals surface area contributed by atoms with Gasteiger partial charge in [0.25, 0.3) is 5.78 Å². The number of hydrogen-bond acceptors (Lipinski definition) is 8. The summed E-state index contributed by atoms with van der Waals surface area (Å²) in [7, 11) is 0. The highest BCUT2D eigenvalue weighted by Crippen LogP contribution is 2.54. The summed E-state index contributed by atoms with van der Waals surface area (Å²) in [6, 6.07) is 3.50. The van der Waals surface area contributed by atoms with Crippen LogP contribution in [0.4, 0.5) is 0 Å². The van der Waals surface area contributed by atoms with E-state index in [2.05, 4.69) is 21.2 Å². The van der Waals surface area contributed by atoms with Gasteiger partial charge in [0.2, 0.25) is 5.65 Å². The Morgan fingerprint density at radius 3 is 2.88 bits per heavy atom. The Labute approximate surface area is 181 Å². The molecule has 0 bridgehead atoms. The van der Waals surface area contributed by atoms with Crippen LogP contribution in [0.2, 0.25) is 0 Å². The number of carbonyl (C=O) groups is 3. The first-order chi connectivity index (χ1) is 15.4. The predicted octanol–water partition coefficient (Wildman–Crippen LogP) is 1.21. The van der Waals surface area contributed by atoms with Crippen molar-refractivity contribution in [2.45, 2.75) is 44.2 Å². The molecule has 3 aromatic heterocycles. The van der Waals surface area contributed by atoms with Crippen LogP contribution >= 0.6 is 0 Å². The molecule has 6 rings (SSSR count). The largest absolute Gasteiger partial charge is 0.440 e. The van der Waals surface area contributed by atoms with Crippen LogP contribution in [0.3, 0.4) is 0 Å². The molecule has 32 heavy (non-hydrogen) atoms. The fourth-order valence-electron chi connectivity index (χ4n) is 4.55. The van der Waals surface area contributed by atoms with E-state index in [-0.39, 0.29) is 17.3 Å². The van der Waals surface area contributed by atoms with Gasteiger partial charge in [-0.25, -0.2) is 14.6 Å². The standard InChI is InChI=1S/C22H17N5O5/c1-3-22(6-7-22)31-21(30)18(28)16-11(2)17(26-14-9-12(14)10-15(16)26)20(29)32-27-19-13(24-25-27)5-4-8-23-19/h1,4-5,8,12,14H,6-7,9-10H2,2H3/t12-,14-/m1/s1. The van der Waals surface area contributed by atoms with E-state index >= 15 is 0 Å². The molecule has 2 fully saturated rings. The van der Waals surface area contributed by atoms with Gasteiger partial charge in [-0.1, -0.05) is 5.92 Å². The van der Waals surface area contributed by atoms with Crippen molar-refractivity contribution < 1.29 is 24.0 Å². The minimum atomic E-state index is -0.996. The Hall–Kier alpha value is -4.00. The van der Waals surface area contributed by atoms with Crippen LogP contribution in [0.25, 0.3) is 11.2 Å². The Morgan fingerprint density at radius 1 is 1.31 bits per heavy atom. The molecule has 10 nitrogen and oxygen atoms in total. The van der Waals surface area contributed by atoms with Crippen LogP contribution in [-0.4, -0.2) is 48.0 Å². The van der Waals surface area contributed by atoms with Gasteiger partial charge < -0.3 is 14.1 Å². The maximum Gasteiger partial charge on any atom is 0.382 e. The van der Waals surface area contributed by atoms with Gasteiger partial charge in [0.15, 0.2) is 5.60 Å². The maximum absolute atomic E-state index is 13.2. The molecule has 4 heterocycles. The predicted molar refractivity (Wildman–Crippen MR) is 107 cm³/mol. The lowest BCUT2D eigenvalue weighted by Gasteiger charge is -2.10. The first-order valence-electron chi connectivity index (χ1n) is 10.3. The molecular weight excluding hydrogens is 414 g/mol. The van der Waals surface area contributed by atoms with Crippen LogP contribution < -0.4 is 4.84 Å². The van der Waals surface area contributed by atoms with Gasteiger partial charge >= 0.3 is 11.9 Å². The van der Waals surface area contributed by atoms with Gasteiger partial charge in [0.05, 0.1) is 5.56 Å². The van der Waals surface area contributed by atoms with Crippen LogP contribution in [0, 0.1) is 25.2 Å². The minimum absolute atomic E-state index is 0.106. The summed E-state index contributed by atoms with van der Waals surface area (Å²) >= 11 is 0. The lowest BCUT2D eigenvalue weighted by molar-refractivity contribution is -0.142. The SMILES string of the molecule is C#CC1(OC(=O)C(=O)c2c(C)c(C(=O)On3nnc4cccnc43)n3c2C[C@H]2C[C@H]23)CC1. The molecule has 0 spiro atoms. The van der Waals surface area contributed by atoms with Crippen molar-refractivity contribution in [2.75, 3.05) is 0 Å². The summed E-state index contributed by atoms with van der Waals surface area (Å²) in [4.78, 5) is 49.3. The summed E-state index contributed by atoms with van der Waals surface area (Å²) in [6.07, 6.45) is 9.56. The molecule has 3 aliphatic rings. The number of aromatic nitrogens is 5. The molecule has 2 aliphatic carbocycles. The Bertz CT molecular complexity index is 1390.